The monoisotopic (exact) mass is 2340 g/mol. The van der Waals surface area contributed by atoms with Crippen LogP contribution in [0.15, 0.2) is 476 Å². The number of aldehydes is 1. The number of nitrogen functional groups attached to an aromatic ring is 1. The Morgan fingerprint density at radius 1 is 0.342 bits per heavy atom. The summed E-state index contributed by atoms with van der Waals surface area (Å²) < 4.78 is 10.6. The number of halogens is 7. The first-order chi connectivity index (χ1) is 69.7. The molecule has 0 amide bonds. The van der Waals surface area contributed by atoms with Crippen molar-refractivity contribution in [2.75, 3.05) is 0 Å². The van der Waals surface area contributed by atoms with Gasteiger partial charge in [0.25, 0.3) is 0 Å². The van der Waals surface area contributed by atoms with E-state index in [4.69, 9.17) is 42.5 Å². The molecule has 14 nitrogen and oxygen atoms in total. The number of fused-ring (bicyclic) bond motifs is 9. The van der Waals surface area contributed by atoms with E-state index in [1.54, 1.807) is 25.1 Å². The third-order valence-corrected chi connectivity index (χ3v) is 26.4. The summed E-state index contributed by atoms with van der Waals surface area (Å²) in [5.41, 5.74) is 39.3. The Morgan fingerprint density at radius 2 is 0.623 bits per heavy atom. The van der Waals surface area contributed by atoms with Gasteiger partial charge in [-0.3, -0.25) is 19.8 Å². The molecular weight excluding hydrogens is 2250 g/mol. The number of hydrogen-bond acceptors (Lipinski definition) is 10. The van der Waals surface area contributed by atoms with Gasteiger partial charge in [-0.25, -0.2) is 19.9 Å². The summed E-state index contributed by atoms with van der Waals surface area (Å²) in [7, 11) is 0. The first kappa shape index (κ1) is 110. The van der Waals surface area contributed by atoms with E-state index in [2.05, 4.69) is 340 Å². The summed E-state index contributed by atoms with van der Waals surface area (Å²) in [4.78, 5) is 56.2. The number of carbonyl (C=O) groups excluding carboxylic acids is 3. The molecular formula is C124H103Br6ClKN11O3. The van der Waals surface area contributed by atoms with Crippen LogP contribution in [0.2, 0.25) is 0 Å². The molecule has 0 saturated heterocycles. The first-order valence-corrected chi connectivity index (χ1v) is 51.1. The molecule has 0 aliphatic heterocycles. The smallest absolute Gasteiger partial charge is 1.00 e. The molecule has 1 aliphatic carbocycles. The number of allylic oxidation sites excluding steroid dienone is 1. The van der Waals surface area contributed by atoms with Gasteiger partial charge in [0.1, 0.15) is 12.1 Å². The molecule has 0 unspecified atom stereocenters. The fourth-order valence-corrected chi connectivity index (χ4v) is 20.7. The van der Waals surface area contributed by atoms with Crippen molar-refractivity contribution in [2.45, 2.75) is 52.1 Å². The number of aromatic nitrogens is 7. The maximum absolute atomic E-state index is 11.9. The summed E-state index contributed by atoms with van der Waals surface area (Å²) in [6.07, 6.45) is 9.01. The average molecular weight is 2350 g/mol. The zero-order valence-corrected chi connectivity index (χ0v) is 92.6. The molecule has 0 bridgehead atoms. The fraction of sp³-hybridized carbons (Fsp3) is 0.0645. The normalized spacial score (nSPS) is 12.1. The molecule has 5 aromatic heterocycles. The van der Waals surface area contributed by atoms with E-state index in [9.17, 15) is 14.4 Å². The van der Waals surface area contributed by atoms with E-state index >= 15 is 0 Å². The standard InChI is InChI=1S/C46H30N4.C22H14Br2N2.C15H10Br2O.C12H9N.C8H8O.C7H4Br2O.C7H8N2.C6H14N2.CH4.ClH.K.H/c1-3-15-31(16-4-1)40-30-41(48-46(47-40)32-17-5-2-6-18-32)33-27-34(49-42-23-11-7-19-36(42)37-20-8-12-24-43(37)49)29-35(28-33)50-44-25-13-9-21-38(44)39-22-10-14-26-45(39)50;23-18-11-17(12-19(24)13-18)21-14-20(15-7-3-1-4-8-15)25-22(26-21)16-9-5-2-6-10-16;16-13-8-11(9-14(17)10-13)6-7-15(18)12-4-2-1-3-5-12;1-3-7-11-9(5-1)10-6-2-4-8-12(10)13-11;1-7(9)8-5-3-2-4-6-8;8-6-1-5(4-10)2-7(9)3-6;8-7(9)6-4-2-1-3-5-6;7-5-3-1-2-4-6(5)8;;;;/h1-30H;1-14H;1-10H;1-8,13H;2-6H,1H3;1-4H;1-5H,(H3,8,9);5-6H,1-4,7-8H2;1H4;1H;;/q;;;;;;;;;;+1;-1/b;;7-6+;;;;;;;;;/t;;;;;;;5-,6-;;;;/m.......1..../s1. The third-order valence-electron chi connectivity index (χ3n) is 23.6. The molecule has 2 atom stereocenters. The van der Waals surface area contributed by atoms with Crippen molar-refractivity contribution in [1.82, 2.24) is 34.1 Å². The van der Waals surface area contributed by atoms with Crippen molar-refractivity contribution < 1.29 is 67.2 Å². The number of H-pyrrole nitrogens is 1. The van der Waals surface area contributed by atoms with Crippen molar-refractivity contribution in [3.8, 4) is 79.2 Å². The van der Waals surface area contributed by atoms with E-state index in [1.807, 2.05) is 206 Å². The molecule has 146 heavy (non-hydrogen) atoms. The van der Waals surface area contributed by atoms with Gasteiger partial charge in [-0.15, -0.1) is 12.4 Å². The number of benzene rings is 17. The van der Waals surface area contributed by atoms with Crippen LogP contribution < -0.4 is 68.6 Å². The van der Waals surface area contributed by atoms with Crippen LogP contribution in [0.3, 0.4) is 0 Å². The molecule has 1 fully saturated rings. The van der Waals surface area contributed by atoms with Gasteiger partial charge < -0.3 is 32.7 Å². The summed E-state index contributed by atoms with van der Waals surface area (Å²) in [6, 6.07) is 149. The predicted octanol–water partition coefficient (Wildman–Crippen LogP) is 31.4. The van der Waals surface area contributed by atoms with Crippen LogP contribution in [0.25, 0.3) is 151 Å². The number of rotatable bonds is 14. The number of nitrogens with two attached hydrogens (primary N) is 3. The Balaban J connectivity index is 0.000000166. The number of carbonyl (C=O) groups is 3. The number of amidine groups is 1. The zero-order chi connectivity index (χ0) is 99.5. The number of nitrogens with zero attached hydrogens (tertiary/aromatic N) is 6. The first-order valence-electron chi connectivity index (χ1n) is 46.4. The Bertz CT molecular complexity index is 7700. The van der Waals surface area contributed by atoms with Crippen LogP contribution in [0, 0.1) is 5.41 Å². The Hall–Kier alpha value is -12.8. The Morgan fingerprint density at radius 3 is 0.945 bits per heavy atom. The van der Waals surface area contributed by atoms with E-state index in [1.165, 1.54) is 56.2 Å². The minimum atomic E-state index is 0. The molecule has 17 aromatic carbocycles. The van der Waals surface area contributed by atoms with Gasteiger partial charge in [0, 0.05) is 149 Å². The molecule has 1 saturated carbocycles. The van der Waals surface area contributed by atoms with Crippen LogP contribution in [0.4, 0.5) is 0 Å². The predicted molar refractivity (Wildman–Crippen MR) is 629 cm³/mol. The number of ketones is 2. The minimum Gasteiger partial charge on any atom is -1.00 e. The Labute approximate surface area is 951 Å². The molecule has 22 heteroatoms. The van der Waals surface area contributed by atoms with E-state index < -0.39 is 0 Å². The Kier molecular flexibility index (Phi) is 41.3. The van der Waals surface area contributed by atoms with E-state index in [-0.39, 0.29) is 102 Å². The van der Waals surface area contributed by atoms with Crippen LogP contribution in [0.5, 0.6) is 0 Å². The van der Waals surface area contributed by atoms with Crippen LogP contribution in [-0.2, 0) is 0 Å². The third kappa shape index (κ3) is 29.4. The SMILES string of the molecule is Brc1cc(Br)cc(-c2cc(-c3ccccc3)nc(-c3ccccc3)n2)c1.C.CC(=O)c1ccccc1.Cl.N=C(N)c1ccccc1.N[C@@H]1CCCC[C@H]1N.O=C(/C=C/c1cc(Br)cc(Br)c1)c1ccccc1.O=Cc1cc(Br)cc(Br)c1.[H-].[K+].c1ccc(-c2cc(-c3cc(-n4c5ccccc5c5ccccc54)cc(-n4c5ccccc5c5ccccc54)c3)nc(-c3ccccc3)n2)cc1.c1ccc2c(c1)[nH]c1ccccc12. The summed E-state index contributed by atoms with van der Waals surface area (Å²) in [5.74, 6) is 1.67. The second-order valence-corrected chi connectivity index (χ2v) is 39.1. The zero-order valence-electron chi connectivity index (χ0n) is 80.2. The molecule has 22 aromatic rings. The molecule has 5 heterocycles. The summed E-state index contributed by atoms with van der Waals surface area (Å²) >= 11 is 20.5. The number of aromatic amines is 1. The van der Waals surface area contributed by atoms with Gasteiger partial charge in [0.15, 0.2) is 23.2 Å². The van der Waals surface area contributed by atoms with Gasteiger partial charge in [-0.1, -0.05) is 443 Å². The number of para-hydroxylation sites is 6. The molecule has 0 radical (unpaired) electrons. The van der Waals surface area contributed by atoms with Crippen LogP contribution in [0.1, 0.15) is 83.7 Å². The van der Waals surface area contributed by atoms with Gasteiger partial charge in [-0.2, -0.15) is 0 Å². The second kappa shape index (κ2) is 54.6. The van der Waals surface area contributed by atoms with Crippen molar-refractivity contribution in [1.29, 1.82) is 5.41 Å². The summed E-state index contributed by atoms with van der Waals surface area (Å²) in [6.45, 7) is 1.56. The molecule has 8 N–H and O–H groups in total. The van der Waals surface area contributed by atoms with E-state index in [0.717, 1.165) is 158 Å². The van der Waals surface area contributed by atoms with Gasteiger partial charge in [0.2, 0.25) is 0 Å². The minimum absolute atomic E-state index is 0. The van der Waals surface area contributed by atoms with Crippen molar-refractivity contribution in [2.24, 2.45) is 17.2 Å². The maximum Gasteiger partial charge on any atom is 1.00 e. The fourth-order valence-electron chi connectivity index (χ4n) is 16.7. The van der Waals surface area contributed by atoms with Gasteiger partial charge in [0.05, 0.1) is 44.8 Å². The van der Waals surface area contributed by atoms with Crippen molar-refractivity contribution in [3.05, 3.63) is 504 Å². The average Bonchev–Trinajstić information content (AvgIpc) is 1.58. The quantitative estimate of drug-likeness (QED) is 0.0173. The van der Waals surface area contributed by atoms with Gasteiger partial charge in [-0.05, 0) is 153 Å². The van der Waals surface area contributed by atoms with Crippen LogP contribution in [-0.4, -0.2) is 69.8 Å². The molecule has 722 valence electrons. The van der Waals surface area contributed by atoms with Crippen molar-refractivity contribution >= 4 is 203 Å². The molecule has 1 aliphatic rings. The van der Waals surface area contributed by atoms with Gasteiger partial charge >= 0.3 is 51.4 Å². The topological polar surface area (TPSA) is 230 Å². The maximum atomic E-state index is 11.9. The van der Waals surface area contributed by atoms with E-state index in [0.29, 0.717) is 17.0 Å². The van der Waals surface area contributed by atoms with Crippen molar-refractivity contribution in [3.63, 3.8) is 0 Å². The number of hydrogen-bond donors (Lipinski definition) is 5. The largest absolute Gasteiger partial charge is 1.00 e. The molecule has 23 rings (SSSR count). The van der Waals surface area contributed by atoms with Crippen LogP contribution >= 0.6 is 108 Å². The molecule has 0 spiro atoms. The number of nitrogens with one attached hydrogen (secondary N) is 2. The number of Topliss-reactive ketones (excluding diaryl/α,β-unsaturated/α-hetero) is 1. The second-order valence-electron chi connectivity index (χ2n) is 33.6. The summed E-state index contributed by atoms with van der Waals surface area (Å²) in [5, 5.41) is 14.5.